The van der Waals surface area contributed by atoms with Crippen molar-refractivity contribution in [3.8, 4) is 0 Å². The fourth-order valence-electron chi connectivity index (χ4n) is 3.16. The first-order chi connectivity index (χ1) is 12.5. The zero-order valence-corrected chi connectivity index (χ0v) is 15.3. The van der Waals surface area contributed by atoms with Gasteiger partial charge < -0.3 is 10.5 Å². The van der Waals surface area contributed by atoms with E-state index in [1.54, 1.807) is 11.3 Å². The largest absolute Gasteiger partial charge is 0.454 e. The molecule has 0 unspecified atom stereocenters. The van der Waals surface area contributed by atoms with Crippen LogP contribution in [0, 0.1) is 5.82 Å². The second-order valence-electron chi connectivity index (χ2n) is 6.12. The third-order valence-electron chi connectivity index (χ3n) is 4.37. The van der Waals surface area contributed by atoms with Gasteiger partial charge in [-0.3, -0.25) is 0 Å². The van der Waals surface area contributed by atoms with Crippen molar-refractivity contribution in [1.29, 1.82) is 0 Å². The number of benzene rings is 1. The number of carbonyl (C=O) groups excluding carboxylic acids is 1. The summed E-state index contributed by atoms with van der Waals surface area (Å²) in [6, 6.07) is 3.78. The van der Waals surface area contributed by atoms with E-state index in [1.807, 2.05) is 0 Å². The topological polar surface area (TPSA) is 78.1 Å². The molecule has 0 bridgehead atoms. The number of aromatic nitrogens is 2. The van der Waals surface area contributed by atoms with Gasteiger partial charge in [-0.1, -0.05) is 11.6 Å². The third kappa shape index (κ3) is 3.12. The zero-order valence-electron chi connectivity index (χ0n) is 13.7. The van der Waals surface area contributed by atoms with Gasteiger partial charge in [-0.25, -0.2) is 19.2 Å². The molecule has 2 heterocycles. The summed E-state index contributed by atoms with van der Waals surface area (Å²) in [5, 5.41) is 1.13. The van der Waals surface area contributed by atoms with Gasteiger partial charge in [0.25, 0.3) is 0 Å². The molecule has 2 aromatic heterocycles. The summed E-state index contributed by atoms with van der Waals surface area (Å²) in [6.45, 7) is -0.177. The van der Waals surface area contributed by atoms with Gasteiger partial charge in [0.15, 0.2) is 12.4 Å². The van der Waals surface area contributed by atoms with Crippen LogP contribution in [0.1, 0.15) is 39.5 Å². The Morgan fingerprint density at radius 3 is 2.92 bits per heavy atom. The van der Waals surface area contributed by atoms with E-state index in [2.05, 4.69) is 9.97 Å². The van der Waals surface area contributed by atoms with Crippen LogP contribution in [-0.2, 0) is 24.2 Å². The van der Waals surface area contributed by atoms with Crippen LogP contribution in [0.5, 0.6) is 0 Å². The molecule has 2 N–H and O–H groups in total. The number of ether oxygens (including phenoxy) is 1. The van der Waals surface area contributed by atoms with Gasteiger partial charge in [-0.05, 0) is 49.4 Å². The zero-order chi connectivity index (χ0) is 18.3. The number of thiophene rings is 1. The Labute approximate surface area is 158 Å². The van der Waals surface area contributed by atoms with Crippen molar-refractivity contribution in [2.75, 3.05) is 5.73 Å². The molecule has 8 heteroatoms. The van der Waals surface area contributed by atoms with Crippen molar-refractivity contribution in [2.24, 2.45) is 0 Å². The molecule has 1 aliphatic carbocycles. The van der Waals surface area contributed by atoms with Gasteiger partial charge in [0, 0.05) is 9.90 Å². The van der Waals surface area contributed by atoms with E-state index in [0.717, 1.165) is 35.5 Å². The van der Waals surface area contributed by atoms with Crippen molar-refractivity contribution < 1.29 is 13.9 Å². The lowest BCUT2D eigenvalue weighted by Crippen LogP contribution is -2.10. The minimum atomic E-state index is -0.799. The van der Waals surface area contributed by atoms with Gasteiger partial charge in [-0.2, -0.15) is 0 Å². The predicted molar refractivity (Wildman–Crippen MR) is 99.0 cm³/mol. The predicted octanol–water partition coefficient (Wildman–Crippen LogP) is 4.30. The Hall–Kier alpha value is -2.25. The maximum Gasteiger partial charge on any atom is 0.341 e. The smallest absolute Gasteiger partial charge is 0.341 e. The van der Waals surface area contributed by atoms with Crippen LogP contribution in [0.25, 0.3) is 10.2 Å². The van der Waals surface area contributed by atoms with E-state index in [-0.39, 0.29) is 17.2 Å². The second kappa shape index (κ2) is 6.81. The number of nitrogens with two attached hydrogens (primary N) is 1. The number of fused-ring (bicyclic) bond motifs is 3. The average Bonchev–Trinajstić information content (AvgIpc) is 2.98. The van der Waals surface area contributed by atoms with Crippen LogP contribution in [0.15, 0.2) is 18.2 Å². The van der Waals surface area contributed by atoms with Crippen LogP contribution in [0.3, 0.4) is 0 Å². The molecule has 1 aromatic carbocycles. The average molecular weight is 392 g/mol. The molecule has 1 aliphatic rings. The molecule has 0 atom stereocenters. The lowest BCUT2D eigenvalue weighted by molar-refractivity contribution is 0.0457. The second-order valence-corrected chi connectivity index (χ2v) is 7.64. The van der Waals surface area contributed by atoms with Crippen LogP contribution in [0.2, 0.25) is 5.02 Å². The number of halogens is 2. The Morgan fingerprint density at radius 1 is 1.31 bits per heavy atom. The molecule has 0 spiro atoms. The Morgan fingerprint density at radius 2 is 2.12 bits per heavy atom. The quantitative estimate of drug-likeness (QED) is 0.673. The van der Waals surface area contributed by atoms with Crippen molar-refractivity contribution in [3.63, 3.8) is 0 Å². The number of carbonyl (C=O) groups is 1. The number of aryl methyl sites for hydroxylation is 2. The van der Waals surface area contributed by atoms with Crippen LogP contribution >= 0.6 is 22.9 Å². The van der Waals surface area contributed by atoms with Crippen molar-refractivity contribution >= 4 is 44.9 Å². The minimum absolute atomic E-state index is 0.177. The summed E-state index contributed by atoms with van der Waals surface area (Å²) in [6.07, 6.45) is 4.34. The number of hydrogen-bond donors (Lipinski definition) is 1. The molecule has 0 saturated carbocycles. The van der Waals surface area contributed by atoms with E-state index in [1.165, 1.54) is 29.0 Å². The highest BCUT2D eigenvalue weighted by atomic mass is 35.5. The molecule has 0 saturated heterocycles. The van der Waals surface area contributed by atoms with Crippen LogP contribution in [-0.4, -0.2) is 15.9 Å². The normalized spacial score (nSPS) is 13.6. The highest BCUT2D eigenvalue weighted by molar-refractivity contribution is 7.19. The fraction of sp³-hybridized carbons (Fsp3) is 0.278. The van der Waals surface area contributed by atoms with E-state index in [0.29, 0.717) is 11.6 Å². The number of anilines is 1. The molecule has 134 valence electrons. The number of rotatable bonds is 3. The lowest BCUT2D eigenvalue weighted by Gasteiger charge is -2.11. The number of nitrogen functional groups attached to an aromatic ring is 1. The molecular weight excluding hydrogens is 377 g/mol. The maximum absolute atomic E-state index is 13.8. The van der Waals surface area contributed by atoms with E-state index >= 15 is 0 Å². The van der Waals surface area contributed by atoms with Gasteiger partial charge in [0.1, 0.15) is 16.5 Å². The molecule has 4 rings (SSSR count). The summed E-state index contributed by atoms with van der Waals surface area (Å²) in [5.41, 5.74) is 7.19. The van der Waals surface area contributed by atoms with E-state index < -0.39 is 11.8 Å². The molecule has 0 amide bonds. The molecule has 26 heavy (non-hydrogen) atoms. The number of hydrogen-bond acceptors (Lipinski definition) is 6. The Balaban J connectivity index is 1.57. The van der Waals surface area contributed by atoms with Crippen molar-refractivity contribution in [1.82, 2.24) is 9.97 Å². The molecule has 0 aliphatic heterocycles. The summed E-state index contributed by atoms with van der Waals surface area (Å²) < 4.78 is 18.9. The summed E-state index contributed by atoms with van der Waals surface area (Å²) >= 11 is 7.30. The Kier molecular flexibility index (Phi) is 4.50. The number of nitrogens with zero attached hydrogens (tertiary/aromatic N) is 2. The van der Waals surface area contributed by atoms with E-state index in [4.69, 9.17) is 22.1 Å². The van der Waals surface area contributed by atoms with E-state index in [9.17, 15) is 9.18 Å². The highest BCUT2D eigenvalue weighted by Crippen LogP contribution is 2.37. The molecule has 0 radical (unpaired) electrons. The van der Waals surface area contributed by atoms with Crippen LogP contribution < -0.4 is 5.73 Å². The standard InChI is InChI=1S/C18H15ClFN3O2S/c19-9-5-6-10(12(20)7-9)18(24)25-8-14-22-16(21)15-11-3-1-2-4-13(11)26-17(15)23-14/h5-7H,1-4,8H2,(H2,21,22,23). The first-order valence-corrected chi connectivity index (χ1v) is 9.41. The Bertz CT molecular complexity index is 1020. The van der Waals surface area contributed by atoms with Crippen molar-refractivity contribution in [3.05, 3.63) is 50.9 Å². The van der Waals surface area contributed by atoms with Crippen LogP contribution in [0.4, 0.5) is 10.2 Å². The van der Waals surface area contributed by atoms with Crippen molar-refractivity contribution in [2.45, 2.75) is 32.3 Å². The lowest BCUT2D eigenvalue weighted by atomic mass is 9.97. The molecule has 5 nitrogen and oxygen atoms in total. The molecular formula is C18H15ClFN3O2S. The monoisotopic (exact) mass is 391 g/mol. The highest BCUT2D eigenvalue weighted by Gasteiger charge is 2.21. The van der Waals surface area contributed by atoms with Gasteiger partial charge in [-0.15, -0.1) is 11.3 Å². The SMILES string of the molecule is Nc1nc(COC(=O)c2ccc(Cl)cc2F)nc2sc3c(c12)CCCC3. The van der Waals surface area contributed by atoms with Gasteiger partial charge >= 0.3 is 5.97 Å². The summed E-state index contributed by atoms with van der Waals surface area (Å²) in [5.74, 6) is -0.828. The first-order valence-electron chi connectivity index (χ1n) is 8.21. The first kappa shape index (κ1) is 17.2. The molecule has 0 fully saturated rings. The fourth-order valence-corrected chi connectivity index (χ4v) is 4.61. The van der Waals surface area contributed by atoms with Gasteiger partial charge in [0.05, 0.1) is 10.9 Å². The summed E-state index contributed by atoms with van der Waals surface area (Å²) in [4.78, 5) is 22.9. The number of esters is 1. The third-order valence-corrected chi connectivity index (χ3v) is 5.79. The van der Waals surface area contributed by atoms with Gasteiger partial charge in [0.2, 0.25) is 0 Å². The maximum atomic E-state index is 13.8. The minimum Gasteiger partial charge on any atom is -0.454 e. The summed E-state index contributed by atoms with van der Waals surface area (Å²) in [7, 11) is 0. The molecule has 3 aromatic rings.